The first-order valence-electron chi connectivity index (χ1n) is 8.22. The van der Waals surface area contributed by atoms with Gasteiger partial charge >= 0.3 is 0 Å². The van der Waals surface area contributed by atoms with E-state index in [1.165, 1.54) is 0 Å². The normalized spacial score (nSPS) is 20.1. The lowest BCUT2D eigenvalue weighted by Crippen LogP contribution is -2.42. The molecule has 6 nitrogen and oxygen atoms in total. The van der Waals surface area contributed by atoms with Crippen LogP contribution in [0.3, 0.4) is 0 Å². The van der Waals surface area contributed by atoms with Crippen molar-refractivity contribution in [1.82, 2.24) is 15.6 Å². The second kappa shape index (κ2) is 7.76. The Morgan fingerprint density at radius 1 is 1.16 bits per heavy atom. The van der Waals surface area contributed by atoms with E-state index in [9.17, 15) is 13.2 Å². The van der Waals surface area contributed by atoms with Crippen molar-refractivity contribution in [2.75, 3.05) is 18.1 Å². The Bertz CT molecular complexity index is 770. The number of sulfone groups is 1. The summed E-state index contributed by atoms with van der Waals surface area (Å²) in [6.07, 6.45) is 2.20. The van der Waals surface area contributed by atoms with Crippen LogP contribution in [0.15, 0.2) is 54.7 Å². The molecule has 3 rings (SSSR count). The molecular formula is C18H21N3O3S. The van der Waals surface area contributed by atoms with Crippen molar-refractivity contribution in [3.8, 4) is 0 Å². The van der Waals surface area contributed by atoms with E-state index in [-0.39, 0.29) is 36.0 Å². The lowest BCUT2D eigenvalue weighted by atomic mass is 10.0. The predicted molar refractivity (Wildman–Crippen MR) is 95.7 cm³/mol. The molecule has 0 radical (unpaired) electrons. The molecule has 2 N–H and O–H groups in total. The van der Waals surface area contributed by atoms with E-state index < -0.39 is 9.84 Å². The van der Waals surface area contributed by atoms with E-state index in [1.807, 2.05) is 48.5 Å². The Hall–Kier alpha value is -2.25. The highest BCUT2D eigenvalue weighted by Gasteiger charge is 2.29. The number of amides is 1. The van der Waals surface area contributed by atoms with Gasteiger partial charge in [0.05, 0.1) is 29.8 Å². The lowest BCUT2D eigenvalue weighted by molar-refractivity contribution is -0.120. The summed E-state index contributed by atoms with van der Waals surface area (Å²) in [6.45, 7) is 0.0900. The van der Waals surface area contributed by atoms with Crippen molar-refractivity contribution in [2.24, 2.45) is 0 Å². The first-order valence-corrected chi connectivity index (χ1v) is 10.0. The molecule has 1 aromatic carbocycles. The van der Waals surface area contributed by atoms with Gasteiger partial charge in [0.2, 0.25) is 5.91 Å². The monoisotopic (exact) mass is 359 g/mol. The number of carbonyl (C=O) groups is 1. The van der Waals surface area contributed by atoms with Crippen LogP contribution in [0.5, 0.6) is 0 Å². The fourth-order valence-electron chi connectivity index (χ4n) is 2.97. The topological polar surface area (TPSA) is 88.2 Å². The largest absolute Gasteiger partial charge is 0.351 e. The molecule has 1 fully saturated rings. The van der Waals surface area contributed by atoms with Crippen LogP contribution in [0.4, 0.5) is 0 Å². The molecule has 1 aromatic heterocycles. The smallest absolute Gasteiger partial charge is 0.234 e. The van der Waals surface area contributed by atoms with E-state index in [2.05, 4.69) is 15.6 Å². The number of benzene rings is 1. The summed E-state index contributed by atoms with van der Waals surface area (Å²) in [4.78, 5) is 16.6. The molecule has 1 saturated heterocycles. The summed E-state index contributed by atoms with van der Waals surface area (Å²) >= 11 is 0. The summed E-state index contributed by atoms with van der Waals surface area (Å²) in [5.74, 6) is -0.0356. The van der Waals surface area contributed by atoms with Gasteiger partial charge in [-0.15, -0.1) is 0 Å². The SMILES string of the molecule is O=C(CN[C@H](c1ccccc1)c1ccccn1)N[C@@H]1CCS(=O)(=O)C1. The zero-order valence-corrected chi connectivity index (χ0v) is 14.6. The first-order chi connectivity index (χ1) is 12.0. The summed E-state index contributed by atoms with van der Waals surface area (Å²) in [6, 6.07) is 14.9. The average Bonchev–Trinajstić information content (AvgIpc) is 2.95. The second-order valence-electron chi connectivity index (χ2n) is 6.15. The molecule has 1 aliphatic rings. The van der Waals surface area contributed by atoms with Gasteiger partial charge in [0.15, 0.2) is 9.84 Å². The maximum atomic E-state index is 12.2. The minimum atomic E-state index is -3.00. The molecule has 0 aliphatic carbocycles. The quantitative estimate of drug-likeness (QED) is 0.805. The molecule has 0 bridgehead atoms. The van der Waals surface area contributed by atoms with Crippen molar-refractivity contribution < 1.29 is 13.2 Å². The number of nitrogens with one attached hydrogen (secondary N) is 2. The van der Waals surface area contributed by atoms with Crippen molar-refractivity contribution in [3.05, 3.63) is 66.0 Å². The Labute approximate surface area is 147 Å². The highest BCUT2D eigenvalue weighted by Crippen LogP contribution is 2.19. The van der Waals surface area contributed by atoms with Crippen LogP contribution in [0, 0.1) is 0 Å². The second-order valence-corrected chi connectivity index (χ2v) is 8.38. The summed E-state index contributed by atoms with van der Waals surface area (Å²) < 4.78 is 23.0. The van der Waals surface area contributed by atoms with Gasteiger partial charge in [0.1, 0.15) is 0 Å². The first kappa shape index (κ1) is 17.6. The third-order valence-electron chi connectivity index (χ3n) is 4.18. The molecular weight excluding hydrogens is 338 g/mol. The lowest BCUT2D eigenvalue weighted by Gasteiger charge is -2.19. The zero-order chi connectivity index (χ0) is 17.7. The van der Waals surface area contributed by atoms with E-state index in [0.717, 1.165) is 11.3 Å². The maximum Gasteiger partial charge on any atom is 0.234 e. The Balaban J connectivity index is 1.64. The van der Waals surface area contributed by atoms with Gasteiger partial charge in [0.25, 0.3) is 0 Å². The number of hydrogen-bond acceptors (Lipinski definition) is 5. The number of carbonyl (C=O) groups excluding carboxylic acids is 1. The Morgan fingerprint density at radius 3 is 2.56 bits per heavy atom. The van der Waals surface area contributed by atoms with Crippen molar-refractivity contribution in [2.45, 2.75) is 18.5 Å². The van der Waals surface area contributed by atoms with Crippen LogP contribution >= 0.6 is 0 Å². The minimum absolute atomic E-state index is 0.0289. The number of aromatic nitrogens is 1. The number of nitrogens with zero attached hydrogens (tertiary/aromatic N) is 1. The predicted octanol–water partition coefficient (Wildman–Crippen LogP) is 1.06. The summed E-state index contributed by atoms with van der Waals surface area (Å²) in [5, 5.41) is 6.01. The van der Waals surface area contributed by atoms with E-state index >= 15 is 0 Å². The Kier molecular flexibility index (Phi) is 5.45. The highest BCUT2D eigenvalue weighted by atomic mass is 32.2. The molecule has 132 valence electrons. The highest BCUT2D eigenvalue weighted by molar-refractivity contribution is 7.91. The fraction of sp³-hybridized carbons (Fsp3) is 0.333. The van der Waals surface area contributed by atoms with Crippen molar-refractivity contribution >= 4 is 15.7 Å². The van der Waals surface area contributed by atoms with Gasteiger partial charge in [-0.25, -0.2) is 8.42 Å². The molecule has 0 saturated carbocycles. The maximum absolute atomic E-state index is 12.2. The molecule has 1 aliphatic heterocycles. The van der Waals surface area contributed by atoms with Crippen LogP contribution in [0.25, 0.3) is 0 Å². The van der Waals surface area contributed by atoms with Crippen LogP contribution in [0.1, 0.15) is 23.7 Å². The molecule has 0 spiro atoms. The molecule has 7 heteroatoms. The third kappa shape index (κ3) is 4.87. The van der Waals surface area contributed by atoms with Gasteiger partial charge in [-0.05, 0) is 24.1 Å². The molecule has 2 heterocycles. The zero-order valence-electron chi connectivity index (χ0n) is 13.8. The number of rotatable bonds is 6. The third-order valence-corrected chi connectivity index (χ3v) is 5.95. The summed E-state index contributed by atoms with van der Waals surface area (Å²) in [7, 11) is -3.00. The standard InChI is InChI=1S/C18H21N3O3S/c22-17(21-15-9-11-25(23,24)13-15)12-20-18(14-6-2-1-3-7-14)16-8-4-5-10-19-16/h1-8,10,15,18,20H,9,11-13H2,(H,21,22)/t15-,18-/m1/s1. The average molecular weight is 359 g/mol. The molecule has 0 unspecified atom stereocenters. The van der Waals surface area contributed by atoms with Crippen LogP contribution in [-0.4, -0.2) is 43.4 Å². The van der Waals surface area contributed by atoms with Gasteiger partial charge in [0, 0.05) is 12.2 Å². The van der Waals surface area contributed by atoms with Crippen molar-refractivity contribution in [1.29, 1.82) is 0 Å². The molecule has 2 atom stereocenters. The summed E-state index contributed by atoms with van der Waals surface area (Å²) in [5.41, 5.74) is 1.84. The van der Waals surface area contributed by atoms with Gasteiger partial charge in [-0.2, -0.15) is 0 Å². The van der Waals surface area contributed by atoms with Gasteiger partial charge < -0.3 is 5.32 Å². The molecule has 25 heavy (non-hydrogen) atoms. The van der Waals surface area contributed by atoms with E-state index in [1.54, 1.807) is 6.20 Å². The number of pyridine rings is 1. The van der Waals surface area contributed by atoms with Crippen molar-refractivity contribution in [3.63, 3.8) is 0 Å². The number of hydrogen-bond donors (Lipinski definition) is 2. The van der Waals surface area contributed by atoms with Gasteiger partial charge in [-0.3, -0.25) is 15.1 Å². The van der Waals surface area contributed by atoms with Gasteiger partial charge in [-0.1, -0.05) is 36.4 Å². The minimum Gasteiger partial charge on any atom is -0.351 e. The molecule has 1 amide bonds. The van der Waals surface area contributed by atoms with E-state index in [0.29, 0.717) is 6.42 Å². The van der Waals surface area contributed by atoms with Crippen LogP contribution < -0.4 is 10.6 Å². The molecule has 2 aromatic rings. The Morgan fingerprint density at radius 2 is 1.92 bits per heavy atom. The van der Waals surface area contributed by atoms with Crippen LogP contribution in [0.2, 0.25) is 0 Å². The van der Waals surface area contributed by atoms with E-state index in [4.69, 9.17) is 0 Å². The van der Waals surface area contributed by atoms with Crippen LogP contribution in [-0.2, 0) is 14.6 Å². The fourth-order valence-corrected chi connectivity index (χ4v) is 4.64.